The van der Waals surface area contributed by atoms with Gasteiger partial charge in [-0.3, -0.25) is 4.98 Å². The van der Waals surface area contributed by atoms with Crippen LogP contribution in [0.25, 0.3) is 11.1 Å². The third-order valence-electron chi connectivity index (χ3n) is 4.14. The smallest absolute Gasteiger partial charge is 0.0473 e. The van der Waals surface area contributed by atoms with Crippen molar-refractivity contribution in [2.75, 3.05) is 0 Å². The second kappa shape index (κ2) is 6.78. The van der Waals surface area contributed by atoms with E-state index in [4.69, 9.17) is 4.98 Å². The minimum Gasteiger partial charge on any atom is -0.258 e. The van der Waals surface area contributed by atoms with Crippen molar-refractivity contribution in [3.8, 4) is 11.1 Å². The Morgan fingerprint density at radius 1 is 0.870 bits per heavy atom. The lowest BCUT2D eigenvalue weighted by Gasteiger charge is -2.18. The highest BCUT2D eigenvalue weighted by molar-refractivity contribution is 5.69. The molecule has 0 radical (unpaired) electrons. The highest BCUT2D eigenvalue weighted by atomic mass is 14.7. The highest BCUT2D eigenvalue weighted by Gasteiger charge is 2.16. The maximum Gasteiger partial charge on any atom is 0.0473 e. The van der Waals surface area contributed by atoms with Crippen LogP contribution in [0.15, 0.2) is 66.7 Å². The summed E-state index contributed by atoms with van der Waals surface area (Å²) in [6.45, 7) is 6.54. The Hall–Kier alpha value is -2.41. The first-order valence-electron chi connectivity index (χ1n) is 8.25. The third kappa shape index (κ3) is 3.50. The predicted molar refractivity (Wildman–Crippen MR) is 97.7 cm³/mol. The summed E-state index contributed by atoms with van der Waals surface area (Å²) in [6.07, 6.45) is 0.922. The summed E-state index contributed by atoms with van der Waals surface area (Å²) in [7, 11) is 0. The quantitative estimate of drug-likeness (QED) is 0.596. The first kappa shape index (κ1) is 15.5. The molecular formula is C22H23N. The molecule has 1 aromatic heterocycles. The highest BCUT2D eigenvalue weighted by Crippen LogP contribution is 2.31. The Morgan fingerprint density at radius 3 is 2.09 bits per heavy atom. The Morgan fingerprint density at radius 2 is 1.48 bits per heavy atom. The molecule has 0 fully saturated rings. The maximum atomic E-state index is 4.85. The van der Waals surface area contributed by atoms with Crippen LogP contribution >= 0.6 is 0 Å². The lowest BCUT2D eigenvalue weighted by molar-refractivity contribution is 0.797. The number of benzene rings is 2. The van der Waals surface area contributed by atoms with Crippen molar-refractivity contribution in [3.05, 3.63) is 89.2 Å². The summed E-state index contributed by atoms with van der Waals surface area (Å²) in [5, 5.41) is 0. The lowest BCUT2D eigenvalue weighted by atomic mass is 9.90. The zero-order chi connectivity index (χ0) is 16.2. The second-order valence-corrected chi connectivity index (χ2v) is 6.36. The number of rotatable bonds is 4. The zero-order valence-corrected chi connectivity index (χ0v) is 14.1. The van der Waals surface area contributed by atoms with E-state index >= 15 is 0 Å². The fraction of sp³-hybridized carbons (Fsp3) is 0.227. The van der Waals surface area contributed by atoms with E-state index in [0.717, 1.165) is 12.1 Å². The third-order valence-corrected chi connectivity index (χ3v) is 4.14. The van der Waals surface area contributed by atoms with Crippen molar-refractivity contribution in [1.29, 1.82) is 0 Å². The molecule has 0 unspecified atom stereocenters. The molecule has 0 amide bonds. The minimum atomic E-state index is 0.413. The van der Waals surface area contributed by atoms with Crippen LogP contribution in [0, 0.1) is 6.92 Å². The topological polar surface area (TPSA) is 12.9 Å². The Labute approximate surface area is 139 Å². The van der Waals surface area contributed by atoms with Crippen molar-refractivity contribution >= 4 is 0 Å². The van der Waals surface area contributed by atoms with Gasteiger partial charge in [0.2, 0.25) is 0 Å². The fourth-order valence-corrected chi connectivity index (χ4v) is 3.06. The normalized spacial score (nSPS) is 11.0. The summed E-state index contributed by atoms with van der Waals surface area (Å²) < 4.78 is 0. The van der Waals surface area contributed by atoms with Crippen LogP contribution < -0.4 is 0 Å². The van der Waals surface area contributed by atoms with Crippen LogP contribution in [0.1, 0.15) is 42.3 Å². The van der Waals surface area contributed by atoms with Gasteiger partial charge < -0.3 is 0 Å². The Balaban J connectivity index is 2.18. The average molecular weight is 301 g/mol. The molecule has 2 aromatic carbocycles. The molecule has 0 bridgehead atoms. The van der Waals surface area contributed by atoms with Gasteiger partial charge in [0.1, 0.15) is 0 Å². The van der Waals surface area contributed by atoms with Crippen LogP contribution in [0.3, 0.4) is 0 Å². The summed E-state index contributed by atoms with van der Waals surface area (Å²) in [5.74, 6) is 0.413. The van der Waals surface area contributed by atoms with E-state index in [1.807, 2.05) is 0 Å². The van der Waals surface area contributed by atoms with Crippen molar-refractivity contribution in [2.24, 2.45) is 0 Å². The van der Waals surface area contributed by atoms with Crippen LogP contribution in [-0.2, 0) is 6.42 Å². The van der Waals surface area contributed by atoms with Crippen LogP contribution in [0.5, 0.6) is 0 Å². The van der Waals surface area contributed by atoms with E-state index in [0.29, 0.717) is 5.92 Å². The van der Waals surface area contributed by atoms with Crippen LogP contribution in [0.4, 0.5) is 0 Å². The molecule has 0 aliphatic carbocycles. The summed E-state index contributed by atoms with van der Waals surface area (Å²) in [4.78, 5) is 4.85. The molecule has 1 heteroatoms. The summed E-state index contributed by atoms with van der Waals surface area (Å²) >= 11 is 0. The van der Waals surface area contributed by atoms with Gasteiger partial charge in [0, 0.05) is 11.4 Å². The van der Waals surface area contributed by atoms with E-state index in [1.54, 1.807) is 0 Å². The van der Waals surface area contributed by atoms with Crippen molar-refractivity contribution in [3.63, 3.8) is 0 Å². The standard InChI is InChI=1S/C22H23N/c1-16(2)22-21(15-18-10-6-4-7-11-18)20(14-17(3)23-22)19-12-8-5-9-13-19/h4-14,16H,15H2,1-3H3. The van der Waals surface area contributed by atoms with Gasteiger partial charge in [-0.15, -0.1) is 0 Å². The van der Waals surface area contributed by atoms with Gasteiger partial charge >= 0.3 is 0 Å². The van der Waals surface area contributed by atoms with Crippen molar-refractivity contribution in [1.82, 2.24) is 4.98 Å². The lowest BCUT2D eigenvalue weighted by Crippen LogP contribution is -2.05. The number of pyridine rings is 1. The van der Waals surface area contributed by atoms with Gasteiger partial charge in [0.25, 0.3) is 0 Å². The molecule has 1 nitrogen and oxygen atoms in total. The average Bonchev–Trinajstić information content (AvgIpc) is 2.57. The molecule has 1 heterocycles. The predicted octanol–water partition coefficient (Wildman–Crippen LogP) is 5.77. The Kier molecular flexibility index (Phi) is 4.57. The fourth-order valence-electron chi connectivity index (χ4n) is 3.06. The molecular weight excluding hydrogens is 278 g/mol. The molecule has 3 rings (SSSR count). The van der Waals surface area contributed by atoms with Gasteiger partial charge in [-0.25, -0.2) is 0 Å². The largest absolute Gasteiger partial charge is 0.258 e. The van der Waals surface area contributed by atoms with Gasteiger partial charge in [-0.05, 0) is 47.6 Å². The van der Waals surface area contributed by atoms with E-state index in [2.05, 4.69) is 87.5 Å². The first-order chi connectivity index (χ1) is 11.1. The van der Waals surface area contributed by atoms with Crippen LogP contribution in [-0.4, -0.2) is 4.98 Å². The van der Waals surface area contributed by atoms with E-state index in [1.165, 1.54) is 27.9 Å². The SMILES string of the molecule is Cc1cc(-c2ccccc2)c(Cc2ccccc2)c(C(C)C)n1. The van der Waals surface area contributed by atoms with E-state index in [-0.39, 0.29) is 0 Å². The molecule has 23 heavy (non-hydrogen) atoms. The number of nitrogens with zero attached hydrogens (tertiary/aromatic N) is 1. The zero-order valence-electron chi connectivity index (χ0n) is 14.1. The molecule has 0 aliphatic heterocycles. The molecule has 0 spiro atoms. The monoisotopic (exact) mass is 301 g/mol. The van der Waals surface area contributed by atoms with E-state index < -0.39 is 0 Å². The number of aryl methyl sites for hydroxylation is 1. The van der Waals surface area contributed by atoms with Gasteiger partial charge in [-0.1, -0.05) is 74.5 Å². The van der Waals surface area contributed by atoms with Crippen molar-refractivity contribution < 1.29 is 0 Å². The number of hydrogen-bond donors (Lipinski definition) is 0. The molecule has 0 saturated heterocycles. The molecule has 0 N–H and O–H groups in total. The van der Waals surface area contributed by atoms with Crippen molar-refractivity contribution in [2.45, 2.75) is 33.1 Å². The molecule has 3 aromatic rings. The summed E-state index contributed by atoms with van der Waals surface area (Å²) in [5.41, 5.74) is 7.56. The van der Waals surface area contributed by atoms with Gasteiger partial charge in [0.15, 0.2) is 0 Å². The van der Waals surface area contributed by atoms with Gasteiger partial charge in [0.05, 0.1) is 0 Å². The second-order valence-electron chi connectivity index (χ2n) is 6.36. The molecule has 0 saturated carbocycles. The van der Waals surface area contributed by atoms with Gasteiger partial charge in [-0.2, -0.15) is 0 Å². The number of aromatic nitrogens is 1. The first-order valence-corrected chi connectivity index (χ1v) is 8.25. The van der Waals surface area contributed by atoms with Crippen LogP contribution in [0.2, 0.25) is 0 Å². The molecule has 116 valence electrons. The Bertz CT molecular complexity index is 774. The molecule has 0 atom stereocenters. The molecule has 0 aliphatic rings. The maximum absolute atomic E-state index is 4.85. The number of hydrogen-bond acceptors (Lipinski definition) is 1. The van der Waals surface area contributed by atoms with E-state index in [9.17, 15) is 0 Å². The summed E-state index contributed by atoms with van der Waals surface area (Å²) in [6, 6.07) is 23.5. The minimum absolute atomic E-state index is 0.413.